The maximum Gasteiger partial charge on any atom is 0.326 e. The van der Waals surface area contributed by atoms with Gasteiger partial charge in [-0.05, 0) is 42.8 Å². The first kappa shape index (κ1) is 19.6. The van der Waals surface area contributed by atoms with Crippen molar-refractivity contribution >= 4 is 21.7 Å². The van der Waals surface area contributed by atoms with Crippen molar-refractivity contribution in [1.82, 2.24) is 9.55 Å². The Kier molecular flexibility index (Phi) is 5.00. The van der Waals surface area contributed by atoms with Crippen LogP contribution < -0.4 is 15.0 Å². The molecule has 10 heteroatoms. The summed E-state index contributed by atoms with van der Waals surface area (Å²) in [7, 11) is -4.09. The lowest BCUT2D eigenvalue weighted by Crippen LogP contribution is -2.31. The van der Waals surface area contributed by atoms with Crippen molar-refractivity contribution in [3.63, 3.8) is 0 Å². The van der Waals surface area contributed by atoms with Crippen LogP contribution in [0.3, 0.4) is 0 Å². The Morgan fingerprint density at radius 2 is 1.77 bits per heavy atom. The second kappa shape index (κ2) is 7.64. The van der Waals surface area contributed by atoms with Gasteiger partial charge in [0.1, 0.15) is 29.1 Å². The van der Waals surface area contributed by atoms with Gasteiger partial charge in [-0.3, -0.25) is 14.1 Å². The molecule has 2 heterocycles. The lowest BCUT2D eigenvalue weighted by Gasteiger charge is -2.13. The van der Waals surface area contributed by atoms with Crippen molar-refractivity contribution in [2.24, 2.45) is 0 Å². The number of carboxylic acid groups (broad SMARTS) is 1. The molecule has 0 bridgehead atoms. The SMILES string of the molecule is O=C(O)[C@@H]1CCc2ncc(NS(=O)(=O)c3ccc(Oc4ccccc4)cc3)c(=O)n21. The standard InChI is InChI=1S/C20H17N3O6S/c24-19-16(12-21-18-11-10-17(20(25)26)23(18)19)22-30(27,28)15-8-6-14(7-9-15)29-13-4-2-1-3-5-13/h1-9,12,17,22H,10-11H2,(H,25,26)/t17-/m0/s1. The van der Waals surface area contributed by atoms with E-state index in [4.69, 9.17) is 4.74 Å². The first-order chi connectivity index (χ1) is 14.3. The molecule has 1 aliphatic rings. The van der Waals surface area contributed by atoms with Crippen molar-refractivity contribution in [1.29, 1.82) is 0 Å². The van der Waals surface area contributed by atoms with Gasteiger partial charge >= 0.3 is 5.97 Å². The first-order valence-corrected chi connectivity index (χ1v) is 10.5. The molecule has 0 saturated carbocycles. The third-order valence-electron chi connectivity index (χ3n) is 4.67. The van der Waals surface area contributed by atoms with Gasteiger partial charge in [0, 0.05) is 6.42 Å². The fourth-order valence-corrected chi connectivity index (χ4v) is 4.27. The van der Waals surface area contributed by atoms with Gasteiger partial charge in [-0.1, -0.05) is 18.2 Å². The molecule has 4 rings (SSSR count). The molecule has 0 fully saturated rings. The number of aliphatic carboxylic acids is 1. The summed E-state index contributed by atoms with van der Waals surface area (Å²) >= 11 is 0. The number of carbonyl (C=O) groups is 1. The Morgan fingerprint density at radius 1 is 1.10 bits per heavy atom. The quantitative estimate of drug-likeness (QED) is 0.618. The van der Waals surface area contributed by atoms with Crippen LogP contribution in [0.1, 0.15) is 18.3 Å². The normalized spacial score (nSPS) is 15.4. The maximum atomic E-state index is 12.7. The van der Waals surface area contributed by atoms with E-state index in [1.165, 1.54) is 24.3 Å². The van der Waals surface area contributed by atoms with E-state index in [9.17, 15) is 23.1 Å². The number of nitrogens with one attached hydrogen (secondary N) is 1. The minimum Gasteiger partial charge on any atom is -0.480 e. The van der Waals surface area contributed by atoms with Crippen LogP contribution in [0.4, 0.5) is 5.69 Å². The molecular formula is C20H17N3O6S. The third kappa shape index (κ3) is 3.77. The predicted octanol–water partition coefficient (Wildman–Crippen LogP) is 2.41. The zero-order valence-corrected chi connectivity index (χ0v) is 16.4. The van der Waals surface area contributed by atoms with Crippen molar-refractivity contribution in [3.8, 4) is 11.5 Å². The number of ether oxygens (including phenoxy) is 1. The summed E-state index contributed by atoms with van der Waals surface area (Å²) in [5.41, 5.74) is -1.05. The van der Waals surface area contributed by atoms with E-state index in [0.717, 1.165) is 10.8 Å². The summed E-state index contributed by atoms with van der Waals surface area (Å²) in [5, 5.41) is 9.28. The fraction of sp³-hybridized carbons (Fsp3) is 0.150. The fourth-order valence-electron chi connectivity index (χ4n) is 3.22. The smallest absolute Gasteiger partial charge is 0.326 e. The highest BCUT2D eigenvalue weighted by Crippen LogP contribution is 2.25. The number of fused-ring (bicyclic) bond motifs is 1. The predicted molar refractivity (Wildman–Crippen MR) is 107 cm³/mol. The van der Waals surface area contributed by atoms with Gasteiger partial charge in [-0.15, -0.1) is 0 Å². The molecular weight excluding hydrogens is 410 g/mol. The summed E-state index contributed by atoms with van der Waals surface area (Å²) in [5.74, 6) is 0.213. The average Bonchev–Trinajstić information content (AvgIpc) is 3.16. The van der Waals surface area contributed by atoms with E-state index in [1.54, 1.807) is 12.1 Å². The number of nitrogens with zero attached hydrogens (tertiary/aromatic N) is 2. The van der Waals surface area contributed by atoms with Gasteiger partial charge in [-0.2, -0.15) is 0 Å². The summed E-state index contributed by atoms with van der Waals surface area (Å²) in [6.07, 6.45) is 1.68. The second-order valence-corrected chi connectivity index (χ2v) is 8.33. The highest BCUT2D eigenvalue weighted by atomic mass is 32.2. The topological polar surface area (TPSA) is 128 Å². The van der Waals surface area contributed by atoms with Crippen LogP contribution in [0.5, 0.6) is 11.5 Å². The van der Waals surface area contributed by atoms with E-state index in [0.29, 0.717) is 23.7 Å². The van der Waals surface area contributed by atoms with Crippen LogP contribution in [-0.2, 0) is 21.2 Å². The maximum absolute atomic E-state index is 12.7. The van der Waals surface area contributed by atoms with Crippen molar-refractivity contribution in [2.45, 2.75) is 23.8 Å². The van der Waals surface area contributed by atoms with Gasteiger partial charge in [-0.25, -0.2) is 18.2 Å². The lowest BCUT2D eigenvalue weighted by atomic mass is 10.2. The van der Waals surface area contributed by atoms with E-state index in [-0.39, 0.29) is 17.0 Å². The lowest BCUT2D eigenvalue weighted by molar-refractivity contribution is -0.140. The van der Waals surface area contributed by atoms with Crippen LogP contribution >= 0.6 is 0 Å². The Morgan fingerprint density at radius 3 is 2.43 bits per heavy atom. The molecule has 0 aliphatic carbocycles. The summed E-state index contributed by atoms with van der Waals surface area (Å²) in [6, 6.07) is 13.6. The van der Waals surface area contributed by atoms with Crippen molar-refractivity contribution < 1.29 is 23.1 Å². The van der Waals surface area contributed by atoms with E-state index < -0.39 is 27.6 Å². The first-order valence-electron chi connectivity index (χ1n) is 9.04. The van der Waals surface area contributed by atoms with Gasteiger partial charge in [0.25, 0.3) is 15.6 Å². The van der Waals surface area contributed by atoms with Crippen molar-refractivity contribution in [3.05, 3.63) is 77.0 Å². The minimum atomic E-state index is -4.09. The number of aryl methyl sites for hydroxylation is 1. The number of carboxylic acids is 1. The van der Waals surface area contributed by atoms with E-state index in [1.807, 2.05) is 18.2 Å². The molecule has 30 heavy (non-hydrogen) atoms. The van der Waals surface area contributed by atoms with Crippen LogP contribution in [0, 0.1) is 0 Å². The van der Waals surface area contributed by atoms with Crippen LogP contribution in [0.15, 0.2) is 70.5 Å². The van der Waals surface area contributed by atoms with Gasteiger partial charge in [0.15, 0.2) is 0 Å². The highest BCUT2D eigenvalue weighted by Gasteiger charge is 2.31. The molecule has 0 amide bonds. The number of sulfonamides is 1. The van der Waals surface area contributed by atoms with Crippen LogP contribution in [0.2, 0.25) is 0 Å². The number of rotatable bonds is 6. The molecule has 1 aromatic heterocycles. The van der Waals surface area contributed by atoms with Crippen LogP contribution in [-0.4, -0.2) is 29.0 Å². The summed E-state index contributed by atoms with van der Waals surface area (Å²) in [4.78, 5) is 28.0. The number of para-hydroxylation sites is 1. The van der Waals surface area contributed by atoms with Crippen LogP contribution in [0.25, 0.3) is 0 Å². The average molecular weight is 427 g/mol. The Balaban J connectivity index is 1.57. The largest absolute Gasteiger partial charge is 0.480 e. The van der Waals surface area contributed by atoms with E-state index >= 15 is 0 Å². The molecule has 2 N–H and O–H groups in total. The molecule has 0 radical (unpaired) electrons. The number of hydrogen-bond donors (Lipinski definition) is 2. The summed E-state index contributed by atoms with van der Waals surface area (Å²) < 4.78 is 34.3. The van der Waals surface area contributed by atoms with Gasteiger partial charge < -0.3 is 9.84 Å². The molecule has 9 nitrogen and oxygen atoms in total. The number of anilines is 1. The molecule has 1 aliphatic heterocycles. The summed E-state index contributed by atoms with van der Waals surface area (Å²) in [6.45, 7) is 0. The molecule has 0 spiro atoms. The molecule has 3 aromatic rings. The molecule has 154 valence electrons. The monoisotopic (exact) mass is 427 g/mol. The number of hydrogen-bond acceptors (Lipinski definition) is 6. The highest BCUT2D eigenvalue weighted by molar-refractivity contribution is 7.92. The minimum absolute atomic E-state index is 0.0809. The van der Waals surface area contributed by atoms with Gasteiger partial charge in [0.2, 0.25) is 0 Å². The Hall–Kier alpha value is -3.66. The van der Waals surface area contributed by atoms with Gasteiger partial charge in [0.05, 0.1) is 11.1 Å². The van der Waals surface area contributed by atoms with Crippen molar-refractivity contribution in [2.75, 3.05) is 4.72 Å². The zero-order chi connectivity index (χ0) is 21.3. The number of benzene rings is 2. The number of aromatic nitrogens is 2. The second-order valence-electron chi connectivity index (χ2n) is 6.65. The van der Waals surface area contributed by atoms with E-state index in [2.05, 4.69) is 9.71 Å². The zero-order valence-electron chi connectivity index (χ0n) is 15.6. The third-order valence-corrected chi connectivity index (χ3v) is 6.05. The Labute approximate surface area is 171 Å². The Bertz CT molecular complexity index is 1250. The molecule has 1 atom stereocenters. The molecule has 2 aromatic carbocycles. The molecule has 0 unspecified atom stereocenters. The molecule has 0 saturated heterocycles.